The van der Waals surface area contributed by atoms with E-state index in [9.17, 15) is 0 Å². The van der Waals surface area contributed by atoms with Gasteiger partial charge in [-0.05, 0) is 18.9 Å². The zero-order valence-corrected chi connectivity index (χ0v) is 12.1. The fourth-order valence-electron chi connectivity index (χ4n) is 3.35. The molecule has 3 heteroatoms. The quantitative estimate of drug-likeness (QED) is 0.858. The van der Waals surface area contributed by atoms with Crippen molar-refractivity contribution in [2.45, 2.75) is 50.0 Å². The van der Waals surface area contributed by atoms with Crippen molar-refractivity contribution in [3.63, 3.8) is 0 Å². The summed E-state index contributed by atoms with van der Waals surface area (Å²) in [5.41, 5.74) is 7.66. The summed E-state index contributed by atoms with van der Waals surface area (Å²) in [6, 6.07) is 8.25. The van der Waals surface area contributed by atoms with E-state index >= 15 is 0 Å². The van der Waals surface area contributed by atoms with Crippen LogP contribution < -0.4 is 10.5 Å². The molecule has 0 spiro atoms. The van der Waals surface area contributed by atoms with Crippen LogP contribution in [0.15, 0.2) is 24.3 Å². The van der Waals surface area contributed by atoms with Crippen molar-refractivity contribution in [3.8, 4) is 5.75 Å². The number of rotatable bonds is 4. The highest BCUT2D eigenvalue weighted by atomic mass is 16.5. The summed E-state index contributed by atoms with van der Waals surface area (Å²) in [5.74, 6) is 1.37. The average Bonchev–Trinajstić information content (AvgIpc) is 2.74. The normalized spacial score (nSPS) is 24.8. The number of fused-ring (bicyclic) bond motifs is 1. The van der Waals surface area contributed by atoms with Gasteiger partial charge in [0.05, 0.1) is 19.8 Å². The molecule has 0 radical (unpaired) electrons. The Morgan fingerprint density at radius 1 is 1.15 bits per heavy atom. The number of nitrogens with two attached hydrogens (primary N) is 1. The maximum absolute atomic E-state index is 6.48. The molecular formula is C17H25NO2. The summed E-state index contributed by atoms with van der Waals surface area (Å²) in [7, 11) is 0. The lowest BCUT2D eigenvalue weighted by Gasteiger charge is -2.28. The van der Waals surface area contributed by atoms with Crippen LogP contribution in [0.4, 0.5) is 0 Å². The highest BCUT2D eigenvalue weighted by Crippen LogP contribution is 2.34. The first kappa shape index (κ1) is 13.9. The minimum absolute atomic E-state index is 0.102. The molecule has 0 saturated heterocycles. The van der Waals surface area contributed by atoms with Crippen molar-refractivity contribution in [2.75, 3.05) is 19.8 Å². The second-order valence-electron chi connectivity index (χ2n) is 6.34. The van der Waals surface area contributed by atoms with Gasteiger partial charge >= 0.3 is 0 Å². The molecule has 1 atom stereocenters. The van der Waals surface area contributed by atoms with Gasteiger partial charge in [0, 0.05) is 17.0 Å². The van der Waals surface area contributed by atoms with Gasteiger partial charge in [0.2, 0.25) is 0 Å². The topological polar surface area (TPSA) is 44.5 Å². The van der Waals surface area contributed by atoms with Gasteiger partial charge in [-0.2, -0.15) is 0 Å². The summed E-state index contributed by atoms with van der Waals surface area (Å²) < 4.78 is 11.7. The maximum atomic E-state index is 6.48. The van der Waals surface area contributed by atoms with E-state index in [1.54, 1.807) is 0 Å². The monoisotopic (exact) mass is 275 g/mol. The van der Waals surface area contributed by atoms with Crippen LogP contribution in [0.3, 0.4) is 0 Å². The van der Waals surface area contributed by atoms with Crippen LogP contribution in [-0.2, 0) is 4.74 Å². The maximum Gasteiger partial charge on any atom is 0.123 e. The van der Waals surface area contributed by atoms with Crippen LogP contribution in [0, 0.1) is 0 Å². The number of hydrogen-bond acceptors (Lipinski definition) is 3. The van der Waals surface area contributed by atoms with E-state index < -0.39 is 0 Å². The van der Waals surface area contributed by atoms with Crippen LogP contribution >= 0.6 is 0 Å². The van der Waals surface area contributed by atoms with Gasteiger partial charge in [-0.1, -0.05) is 43.9 Å². The van der Waals surface area contributed by atoms with Crippen molar-refractivity contribution in [3.05, 3.63) is 29.8 Å². The van der Waals surface area contributed by atoms with Gasteiger partial charge in [-0.25, -0.2) is 0 Å². The molecule has 1 aromatic carbocycles. The molecule has 1 saturated carbocycles. The Morgan fingerprint density at radius 3 is 2.70 bits per heavy atom. The molecule has 1 heterocycles. The fraction of sp³-hybridized carbons (Fsp3) is 0.647. The first-order chi connectivity index (χ1) is 9.77. The molecule has 1 unspecified atom stereocenters. The second kappa shape index (κ2) is 6.15. The standard InChI is InChI=1S/C17H25NO2/c18-17(9-5-1-2-6-10-17)13-19-11-14-12-20-16-8-4-3-7-15(14)16/h3-4,7-8,14H,1-2,5-6,9-13,18H2. The zero-order valence-electron chi connectivity index (χ0n) is 12.1. The lowest BCUT2D eigenvalue weighted by atomic mass is 9.92. The van der Waals surface area contributed by atoms with Crippen molar-refractivity contribution in [1.82, 2.24) is 0 Å². The van der Waals surface area contributed by atoms with Gasteiger partial charge in [0.15, 0.2) is 0 Å². The summed E-state index contributed by atoms with van der Waals surface area (Å²) in [5, 5.41) is 0. The van der Waals surface area contributed by atoms with Gasteiger partial charge in [0.1, 0.15) is 5.75 Å². The predicted octanol–water partition coefficient (Wildman–Crippen LogP) is 3.23. The third kappa shape index (κ3) is 3.15. The Bertz CT molecular complexity index is 438. The van der Waals surface area contributed by atoms with E-state index in [1.807, 2.05) is 12.1 Å². The van der Waals surface area contributed by atoms with Crippen LogP contribution in [-0.4, -0.2) is 25.4 Å². The molecule has 0 aromatic heterocycles. The van der Waals surface area contributed by atoms with Crippen LogP contribution in [0.5, 0.6) is 5.75 Å². The van der Waals surface area contributed by atoms with Crippen molar-refractivity contribution >= 4 is 0 Å². The number of benzene rings is 1. The molecule has 2 N–H and O–H groups in total. The lowest BCUT2D eigenvalue weighted by molar-refractivity contribution is 0.0645. The Morgan fingerprint density at radius 2 is 1.90 bits per heavy atom. The van der Waals surface area contributed by atoms with Gasteiger partial charge in [-0.15, -0.1) is 0 Å². The first-order valence-corrected chi connectivity index (χ1v) is 7.85. The number of ether oxygens (including phenoxy) is 2. The average molecular weight is 275 g/mol. The molecule has 1 fully saturated rings. The van der Waals surface area contributed by atoms with E-state index in [2.05, 4.69) is 12.1 Å². The largest absolute Gasteiger partial charge is 0.493 e. The third-order valence-electron chi connectivity index (χ3n) is 4.61. The van der Waals surface area contributed by atoms with Gasteiger partial charge in [-0.3, -0.25) is 0 Å². The molecule has 1 aliphatic carbocycles. The lowest BCUT2D eigenvalue weighted by Crippen LogP contribution is -2.44. The molecule has 2 aliphatic rings. The Kier molecular flexibility index (Phi) is 4.27. The van der Waals surface area contributed by atoms with E-state index in [1.165, 1.54) is 31.2 Å². The Balaban J connectivity index is 1.51. The van der Waals surface area contributed by atoms with Gasteiger partial charge < -0.3 is 15.2 Å². The van der Waals surface area contributed by atoms with E-state index in [4.69, 9.17) is 15.2 Å². The summed E-state index contributed by atoms with van der Waals surface area (Å²) in [6.07, 6.45) is 7.34. The summed E-state index contributed by atoms with van der Waals surface area (Å²) in [4.78, 5) is 0. The Hall–Kier alpha value is -1.06. The van der Waals surface area contributed by atoms with Crippen LogP contribution in [0.1, 0.15) is 50.0 Å². The minimum atomic E-state index is -0.102. The molecule has 0 amide bonds. The summed E-state index contributed by atoms with van der Waals surface area (Å²) in [6.45, 7) is 2.14. The van der Waals surface area contributed by atoms with E-state index in [-0.39, 0.29) is 5.54 Å². The van der Waals surface area contributed by atoms with Crippen LogP contribution in [0.25, 0.3) is 0 Å². The second-order valence-corrected chi connectivity index (χ2v) is 6.34. The third-order valence-corrected chi connectivity index (χ3v) is 4.61. The van der Waals surface area contributed by atoms with E-state index in [0.29, 0.717) is 12.5 Å². The van der Waals surface area contributed by atoms with Crippen molar-refractivity contribution < 1.29 is 9.47 Å². The van der Waals surface area contributed by atoms with E-state index in [0.717, 1.165) is 31.8 Å². The smallest absolute Gasteiger partial charge is 0.123 e. The molecule has 20 heavy (non-hydrogen) atoms. The highest BCUT2D eigenvalue weighted by Gasteiger charge is 2.28. The molecule has 110 valence electrons. The molecular weight excluding hydrogens is 250 g/mol. The zero-order chi connectivity index (χ0) is 13.8. The molecule has 1 aliphatic heterocycles. The predicted molar refractivity (Wildman–Crippen MR) is 80.1 cm³/mol. The Labute approximate surface area is 121 Å². The van der Waals surface area contributed by atoms with Crippen molar-refractivity contribution in [1.29, 1.82) is 0 Å². The summed E-state index contributed by atoms with van der Waals surface area (Å²) >= 11 is 0. The molecule has 1 aromatic rings. The fourth-order valence-corrected chi connectivity index (χ4v) is 3.35. The molecule has 0 bridgehead atoms. The molecule has 3 nitrogen and oxygen atoms in total. The van der Waals surface area contributed by atoms with Gasteiger partial charge in [0.25, 0.3) is 0 Å². The van der Waals surface area contributed by atoms with Crippen LogP contribution in [0.2, 0.25) is 0 Å². The first-order valence-electron chi connectivity index (χ1n) is 7.85. The highest BCUT2D eigenvalue weighted by molar-refractivity contribution is 5.39. The number of para-hydroxylation sites is 1. The molecule has 3 rings (SSSR count). The number of hydrogen-bond donors (Lipinski definition) is 1. The SMILES string of the molecule is NC1(COCC2COc3ccccc32)CCCCCC1. The van der Waals surface area contributed by atoms with Crippen molar-refractivity contribution in [2.24, 2.45) is 5.73 Å². The minimum Gasteiger partial charge on any atom is -0.493 e.